The van der Waals surface area contributed by atoms with Gasteiger partial charge in [-0.1, -0.05) is 85.6 Å². The molecule has 2 aliphatic rings. The van der Waals surface area contributed by atoms with Crippen LogP contribution in [0.5, 0.6) is 5.75 Å². The molecule has 0 spiro atoms. The molecule has 1 fully saturated rings. The molecule has 8 heteroatoms. The summed E-state index contributed by atoms with van der Waals surface area (Å²) in [6.07, 6.45) is 2.50. The Balaban J connectivity index is 1.50. The first-order chi connectivity index (χ1) is 19.8. The first-order valence-electron chi connectivity index (χ1n) is 14.3. The molecule has 1 aromatic heterocycles. The van der Waals surface area contributed by atoms with Crippen LogP contribution in [0.25, 0.3) is 11.3 Å². The Bertz CT molecular complexity index is 1650. The van der Waals surface area contributed by atoms with Crippen molar-refractivity contribution < 1.29 is 17.9 Å². The number of amides is 1. The summed E-state index contributed by atoms with van der Waals surface area (Å²) in [5, 5.41) is 4.99. The quantitative estimate of drug-likeness (QED) is 0.226. The average Bonchev–Trinajstić information content (AvgIpc) is 3.62. The van der Waals surface area contributed by atoms with Gasteiger partial charge in [0.05, 0.1) is 35.9 Å². The van der Waals surface area contributed by atoms with Crippen molar-refractivity contribution in [2.75, 3.05) is 18.1 Å². The second kappa shape index (κ2) is 11.2. The molecule has 4 aromatic rings. The zero-order chi connectivity index (χ0) is 28.6. The molecule has 0 bridgehead atoms. The number of carbonyl (C=O) groups is 1. The lowest BCUT2D eigenvalue weighted by atomic mass is 9.95. The largest absolute Gasteiger partial charge is 0.494 e. The van der Waals surface area contributed by atoms with Crippen LogP contribution in [-0.2, 0) is 16.4 Å². The Labute approximate surface area is 241 Å². The number of hydrogen-bond donors (Lipinski definition) is 0. The lowest BCUT2D eigenvalue weighted by Gasteiger charge is -2.27. The van der Waals surface area contributed by atoms with Gasteiger partial charge in [-0.2, -0.15) is 5.10 Å². The highest BCUT2D eigenvalue weighted by Crippen LogP contribution is 2.46. The van der Waals surface area contributed by atoms with Gasteiger partial charge >= 0.3 is 0 Å². The highest BCUT2D eigenvalue weighted by atomic mass is 32.2. The van der Waals surface area contributed by atoms with E-state index >= 15 is 0 Å². The lowest BCUT2D eigenvalue weighted by Crippen LogP contribution is -2.30. The molecule has 212 valence electrons. The first kappa shape index (κ1) is 27.3. The topological polar surface area (TPSA) is 81.5 Å². The molecule has 0 unspecified atom stereocenters. The first-order valence-corrected chi connectivity index (χ1v) is 16.1. The summed E-state index contributed by atoms with van der Waals surface area (Å²) in [6.45, 7) is 5.25. The van der Waals surface area contributed by atoms with Gasteiger partial charge in [0, 0.05) is 17.7 Å². The van der Waals surface area contributed by atoms with E-state index in [-0.39, 0.29) is 29.5 Å². The Morgan fingerprint density at radius 2 is 1.71 bits per heavy atom. The van der Waals surface area contributed by atoms with Crippen molar-refractivity contribution in [1.29, 1.82) is 0 Å². The fraction of sp³-hybridized carbons (Fsp3) is 0.333. The summed E-state index contributed by atoms with van der Waals surface area (Å²) in [6, 6.07) is 25.3. The molecule has 7 nitrogen and oxygen atoms in total. The summed E-state index contributed by atoms with van der Waals surface area (Å²) in [4.78, 5) is 16.2. The predicted octanol–water partition coefficient (Wildman–Crippen LogP) is 6.14. The third-order valence-electron chi connectivity index (χ3n) is 8.03. The Kier molecular flexibility index (Phi) is 7.43. The number of sulfone groups is 1. The minimum Gasteiger partial charge on any atom is -0.494 e. The number of rotatable bonds is 9. The van der Waals surface area contributed by atoms with E-state index in [1.165, 1.54) is 0 Å². The summed E-state index contributed by atoms with van der Waals surface area (Å²) in [5.41, 5.74) is 6.07. The summed E-state index contributed by atoms with van der Waals surface area (Å²) < 4.78 is 32.6. The van der Waals surface area contributed by atoms with Crippen LogP contribution in [0.15, 0.2) is 78.9 Å². The number of aromatic nitrogens is 2. The standard InChI is InChI=1S/C33H35N3O4S/c1-3-4-19-40-28-16-14-26(15-17-28)31-29-30(25-12-10-23(2)11-13-25)34-36(27-18-20-41(38,39)22-27)32(29)33(37)35(31)21-24-8-6-5-7-9-24/h5-17,27,31H,3-4,18-22H2,1-2H3/t27-,31+/m1/s1. The number of nitrogens with zero attached hydrogens (tertiary/aromatic N) is 3. The number of aryl methyl sites for hydroxylation is 1. The fourth-order valence-electron chi connectivity index (χ4n) is 5.86. The van der Waals surface area contributed by atoms with Crippen molar-refractivity contribution in [2.24, 2.45) is 0 Å². The normalized spacial score (nSPS) is 19.5. The van der Waals surface area contributed by atoms with Crippen LogP contribution in [0.4, 0.5) is 0 Å². The van der Waals surface area contributed by atoms with Crippen molar-refractivity contribution >= 4 is 15.7 Å². The highest BCUT2D eigenvalue weighted by Gasteiger charge is 2.46. The number of fused-ring (bicyclic) bond motifs is 1. The molecule has 0 aliphatic carbocycles. The maximum atomic E-state index is 14.4. The molecular formula is C33H35N3O4S. The van der Waals surface area contributed by atoms with E-state index in [0.717, 1.165) is 52.1 Å². The van der Waals surface area contributed by atoms with E-state index in [4.69, 9.17) is 9.84 Å². The van der Waals surface area contributed by atoms with Crippen molar-refractivity contribution in [3.63, 3.8) is 0 Å². The van der Waals surface area contributed by atoms with Crippen LogP contribution < -0.4 is 4.74 Å². The summed E-state index contributed by atoms with van der Waals surface area (Å²) in [5.74, 6) is 0.769. The van der Waals surface area contributed by atoms with E-state index in [0.29, 0.717) is 25.3 Å². The molecule has 2 atom stereocenters. The van der Waals surface area contributed by atoms with Gasteiger partial charge in [0.25, 0.3) is 5.91 Å². The molecule has 0 N–H and O–H groups in total. The van der Waals surface area contributed by atoms with E-state index < -0.39 is 9.84 Å². The number of unbranched alkanes of at least 4 members (excludes halogenated alkanes) is 1. The minimum absolute atomic E-state index is 0.00507. The SMILES string of the molecule is CCCCOc1ccc([C@H]2c3c(-c4ccc(C)cc4)nn([C@@H]4CCS(=O)(=O)C4)c3C(=O)N2Cc2ccccc2)cc1. The monoisotopic (exact) mass is 569 g/mol. The molecule has 3 heterocycles. The zero-order valence-electron chi connectivity index (χ0n) is 23.5. The molecule has 0 radical (unpaired) electrons. The Hall–Kier alpha value is -3.91. The Morgan fingerprint density at radius 1 is 0.976 bits per heavy atom. The van der Waals surface area contributed by atoms with E-state index in [2.05, 4.69) is 6.92 Å². The lowest BCUT2D eigenvalue weighted by molar-refractivity contribution is 0.0722. The van der Waals surface area contributed by atoms with Crippen LogP contribution in [0.2, 0.25) is 0 Å². The maximum absolute atomic E-state index is 14.4. The van der Waals surface area contributed by atoms with Crippen LogP contribution in [0.3, 0.4) is 0 Å². The summed E-state index contributed by atoms with van der Waals surface area (Å²) >= 11 is 0. The zero-order valence-corrected chi connectivity index (χ0v) is 24.3. The second-order valence-corrected chi connectivity index (χ2v) is 13.3. The van der Waals surface area contributed by atoms with E-state index in [1.54, 1.807) is 4.68 Å². The van der Waals surface area contributed by atoms with Crippen LogP contribution in [0, 0.1) is 6.92 Å². The molecular weight excluding hydrogens is 534 g/mol. The van der Waals surface area contributed by atoms with Gasteiger partial charge < -0.3 is 9.64 Å². The smallest absolute Gasteiger partial charge is 0.273 e. The number of ether oxygens (including phenoxy) is 1. The summed E-state index contributed by atoms with van der Waals surface area (Å²) in [7, 11) is -3.18. The average molecular weight is 570 g/mol. The maximum Gasteiger partial charge on any atom is 0.273 e. The van der Waals surface area contributed by atoms with Gasteiger partial charge in [-0.25, -0.2) is 8.42 Å². The molecule has 0 saturated carbocycles. The molecule has 41 heavy (non-hydrogen) atoms. The third-order valence-corrected chi connectivity index (χ3v) is 9.78. The van der Waals surface area contributed by atoms with Gasteiger partial charge in [-0.15, -0.1) is 0 Å². The Morgan fingerprint density at radius 3 is 2.37 bits per heavy atom. The van der Waals surface area contributed by atoms with Crippen molar-refractivity contribution in [1.82, 2.24) is 14.7 Å². The molecule has 2 aliphatic heterocycles. The van der Waals surface area contributed by atoms with Crippen molar-refractivity contribution in [3.8, 4) is 17.0 Å². The molecule has 6 rings (SSSR count). The highest BCUT2D eigenvalue weighted by molar-refractivity contribution is 7.91. The van der Waals surface area contributed by atoms with Crippen molar-refractivity contribution in [2.45, 2.75) is 51.7 Å². The van der Waals surface area contributed by atoms with Gasteiger partial charge in [-0.3, -0.25) is 9.48 Å². The van der Waals surface area contributed by atoms with Gasteiger partial charge in [0.2, 0.25) is 0 Å². The molecule has 1 amide bonds. The van der Waals surface area contributed by atoms with Gasteiger partial charge in [0.1, 0.15) is 11.4 Å². The van der Waals surface area contributed by atoms with Gasteiger partial charge in [-0.05, 0) is 43.0 Å². The number of benzene rings is 3. The van der Waals surface area contributed by atoms with E-state index in [9.17, 15) is 13.2 Å². The van der Waals surface area contributed by atoms with Crippen LogP contribution in [0.1, 0.15) is 71.0 Å². The van der Waals surface area contributed by atoms with Crippen LogP contribution in [-0.4, -0.2) is 47.1 Å². The molecule has 3 aromatic carbocycles. The fourth-order valence-corrected chi connectivity index (χ4v) is 7.55. The van der Waals surface area contributed by atoms with E-state index in [1.807, 2.05) is 90.7 Å². The second-order valence-electron chi connectivity index (χ2n) is 11.1. The predicted molar refractivity (Wildman–Crippen MR) is 160 cm³/mol. The third kappa shape index (κ3) is 5.40. The molecule has 1 saturated heterocycles. The minimum atomic E-state index is -3.18. The van der Waals surface area contributed by atoms with Crippen molar-refractivity contribution in [3.05, 3.63) is 107 Å². The van der Waals surface area contributed by atoms with Gasteiger partial charge in [0.15, 0.2) is 9.84 Å². The number of hydrogen-bond acceptors (Lipinski definition) is 5. The van der Waals surface area contributed by atoms with Crippen LogP contribution >= 0.6 is 0 Å². The number of carbonyl (C=O) groups excluding carboxylic acids is 1.